The molecule has 1 aromatic carbocycles. The number of hydrogen-bond donors (Lipinski definition) is 0. The molecular weight excluding hydrogens is 471 g/mol. The first-order valence-corrected chi connectivity index (χ1v) is 11.7. The predicted molar refractivity (Wildman–Crippen MR) is 129 cm³/mol. The molecule has 0 saturated carbocycles. The van der Waals surface area contributed by atoms with Crippen LogP contribution in [0.4, 0.5) is 13.2 Å². The first-order valence-electron chi connectivity index (χ1n) is 11.7. The zero-order valence-electron chi connectivity index (χ0n) is 19.5. The molecule has 1 saturated heterocycles. The molecule has 1 unspecified atom stereocenters. The van der Waals surface area contributed by atoms with E-state index in [1.165, 1.54) is 16.7 Å². The van der Waals surface area contributed by atoms with Crippen molar-refractivity contribution in [1.29, 1.82) is 0 Å². The summed E-state index contributed by atoms with van der Waals surface area (Å²) in [6.45, 7) is 4.26. The number of aromatic nitrogens is 3. The molecule has 0 spiro atoms. The lowest BCUT2D eigenvalue weighted by Crippen LogP contribution is -2.40. The van der Waals surface area contributed by atoms with E-state index in [9.17, 15) is 22.8 Å². The molecule has 36 heavy (non-hydrogen) atoms. The number of aryl methyl sites for hydroxylation is 1. The molecule has 4 atom stereocenters. The van der Waals surface area contributed by atoms with E-state index in [1.807, 2.05) is 13.8 Å². The number of ketones is 1. The number of benzene rings is 1. The number of hydrogen-bond acceptors (Lipinski definition) is 4. The normalized spacial score (nSPS) is 22.7. The van der Waals surface area contributed by atoms with E-state index in [-0.39, 0.29) is 42.8 Å². The number of Topliss-reactive ketones (excluding diaryl/α,β-unsaturated/α-hetero) is 1. The van der Waals surface area contributed by atoms with Crippen LogP contribution < -0.4 is 5.56 Å². The Labute approximate surface area is 207 Å². The molecule has 9 heteroatoms. The number of rotatable bonds is 4. The summed E-state index contributed by atoms with van der Waals surface area (Å²) in [5.41, 5.74) is 1.45. The average Bonchev–Trinajstić information content (AvgIpc) is 3.49. The summed E-state index contributed by atoms with van der Waals surface area (Å²) < 4.78 is 48.0. The molecule has 0 aliphatic carbocycles. The molecule has 1 fully saturated rings. The van der Waals surface area contributed by atoms with Gasteiger partial charge in [-0.15, -0.1) is 0 Å². The van der Waals surface area contributed by atoms with Crippen LogP contribution in [0.3, 0.4) is 0 Å². The molecule has 0 radical (unpaired) electrons. The summed E-state index contributed by atoms with van der Waals surface area (Å²) in [6.07, 6.45) is 0.451. The number of nitrogens with zero attached hydrogens (tertiary/aromatic N) is 3. The molecule has 4 heterocycles. The largest absolute Gasteiger partial charge is 0.416 e. The summed E-state index contributed by atoms with van der Waals surface area (Å²) in [4.78, 5) is 30.6. The average molecular weight is 502 g/mol. The van der Waals surface area contributed by atoms with Crippen LogP contribution in [0, 0.1) is 18.8 Å². The van der Waals surface area contributed by atoms with E-state index in [2.05, 4.69) is 4.98 Å². The molecule has 192 valence electrons. The zero-order valence-corrected chi connectivity index (χ0v) is 19.5. The molecule has 2 aliphatic heterocycles. The molecule has 6 nitrogen and oxygen atoms in total. The molecule has 2 aliphatic rings. The number of fused-ring (bicyclic) bond motifs is 1. The molecule has 5 rings (SSSR count). The smallest absolute Gasteiger partial charge is 0.370 e. The van der Waals surface area contributed by atoms with Gasteiger partial charge in [0.1, 0.15) is 5.69 Å². The van der Waals surface area contributed by atoms with Crippen molar-refractivity contribution >= 4 is 5.78 Å². The minimum atomic E-state index is -4.37. The van der Waals surface area contributed by atoms with E-state index in [4.69, 9.17) is 4.74 Å². The Bertz CT molecular complexity index is 1310. The highest BCUT2D eigenvalue weighted by Crippen LogP contribution is 2.40. The van der Waals surface area contributed by atoms with E-state index >= 15 is 0 Å². The summed E-state index contributed by atoms with van der Waals surface area (Å²) in [7, 11) is 0. The van der Waals surface area contributed by atoms with E-state index < -0.39 is 11.7 Å². The highest BCUT2D eigenvalue weighted by Gasteiger charge is 2.40. The molecular formula is C27H30F3N3O3. The Hall–Kier alpha value is -3.20. The summed E-state index contributed by atoms with van der Waals surface area (Å²) in [6, 6.07) is 8.45. The topological polar surface area (TPSA) is 66.1 Å². The number of pyridine rings is 1. The fourth-order valence-electron chi connectivity index (χ4n) is 5.28. The Morgan fingerprint density at radius 3 is 2.42 bits per heavy atom. The van der Waals surface area contributed by atoms with Crippen LogP contribution in [-0.4, -0.2) is 26.0 Å². The van der Waals surface area contributed by atoms with Crippen LogP contribution in [0.2, 0.25) is 0 Å². The minimum absolute atomic E-state index is 0. The van der Waals surface area contributed by atoms with Crippen LogP contribution in [0.5, 0.6) is 0 Å². The lowest BCUT2D eigenvalue weighted by atomic mass is 9.80. The van der Waals surface area contributed by atoms with Gasteiger partial charge in [0.15, 0.2) is 5.78 Å². The highest BCUT2D eigenvalue weighted by atomic mass is 19.4. The molecule has 3 aromatic rings. The van der Waals surface area contributed by atoms with Gasteiger partial charge < -0.3 is 13.9 Å². The number of ether oxygens (including phenoxy) is 1. The van der Waals surface area contributed by atoms with Gasteiger partial charge in [0.05, 0.1) is 35.5 Å². The summed E-state index contributed by atoms with van der Waals surface area (Å²) in [5.74, 6) is -0.440. The van der Waals surface area contributed by atoms with Crippen molar-refractivity contribution < 1.29 is 22.7 Å². The summed E-state index contributed by atoms with van der Waals surface area (Å²) >= 11 is 0. The third-order valence-electron chi connectivity index (χ3n) is 7.28. The van der Waals surface area contributed by atoms with Crippen molar-refractivity contribution in [2.45, 2.75) is 65.5 Å². The monoisotopic (exact) mass is 501 g/mol. The second kappa shape index (κ2) is 9.69. The van der Waals surface area contributed by atoms with Gasteiger partial charge in [-0.2, -0.15) is 13.2 Å². The van der Waals surface area contributed by atoms with Crippen LogP contribution in [-0.2, 0) is 17.5 Å². The second-order valence-corrected chi connectivity index (χ2v) is 9.46. The number of carbonyl (C=O) groups excluding carboxylic acids is 1. The Kier molecular flexibility index (Phi) is 6.96. The van der Waals surface area contributed by atoms with Gasteiger partial charge in [-0.3, -0.25) is 9.59 Å². The van der Waals surface area contributed by atoms with Crippen LogP contribution in [0.25, 0.3) is 5.69 Å². The van der Waals surface area contributed by atoms with Crippen molar-refractivity contribution in [3.63, 3.8) is 0 Å². The van der Waals surface area contributed by atoms with Crippen LogP contribution >= 0.6 is 0 Å². The van der Waals surface area contributed by atoms with Crippen molar-refractivity contribution in [2.24, 2.45) is 11.8 Å². The van der Waals surface area contributed by atoms with Crippen molar-refractivity contribution in [3.05, 3.63) is 81.8 Å². The Morgan fingerprint density at radius 1 is 1.06 bits per heavy atom. The lowest BCUT2D eigenvalue weighted by molar-refractivity contribution is -0.137. The van der Waals surface area contributed by atoms with Crippen molar-refractivity contribution in [3.8, 4) is 5.69 Å². The minimum Gasteiger partial charge on any atom is -0.370 e. The Balaban J connectivity index is 0.00000304. The highest BCUT2D eigenvalue weighted by molar-refractivity contribution is 5.97. The fraction of sp³-hybridized carbons (Fsp3) is 0.444. The fourth-order valence-corrected chi connectivity index (χ4v) is 5.28. The van der Waals surface area contributed by atoms with Gasteiger partial charge in [0, 0.05) is 18.7 Å². The zero-order chi connectivity index (χ0) is 24.9. The number of carbonyl (C=O) groups is 1. The number of imidazole rings is 1. The van der Waals surface area contributed by atoms with Gasteiger partial charge in [0.2, 0.25) is 0 Å². The molecule has 0 bridgehead atoms. The maximum Gasteiger partial charge on any atom is 0.416 e. The van der Waals surface area contributed by atoms with Crippen LogP contribution in [0.15, 0.2) is 53.7 Å². The molecule has 0 amide bonds. The second-order valence-electron chi connectivity index (χ2n) is 9.46. The van der Waals surface area contributed by atoms with E-state index in [1.54, 1.807) is 29.2 Å². The number of alkyl halides is 3. The van der Waals surface area contributed by atoms with E-state index in [0.717, 1.165) is 24.2 Å². The van der Waals surface area contributed by atoms with Crippen molar-refractivity contribution in [2.75, 3.05) is 0 Å². The third kappa shape index (κ3) is 4.64. The first-order chi connectivity index (χ1) is 16.6. The van der Waals surface area contributed by atoms with Gasteiger partial charge in [0.25, 0.3) is 5.56 Å². The van der Waals surface area contributed by atoms with Crippen molar-refractivity contribution in [1.82, 2.24) is 14.1 Å². The van der Waals surface area contributed by atoms with Gasteiger partial charge >= 0.3 is 6.18 Å². The number of halogens is 3. The first kappa shape index (κ1) is 25.9. The van der Waals surface area contributed by atoms with Gasteiger partial charge in [-0.1, -0.05) is 26.5 Å². The Morgan fingerprint density at radius 2 is 1.78 bits per heavy atom. The quantitative estimate of drug-likeness (QED) is 0.456. The lowest BCUT2D eigenvalue weighted by Gasteiger charge is -2.32. The van der Waals surface area contributed by atoms with E-state index in [0.29, 0.717) is 36.3 Å². The maximum atomic E-state index is 13.4. The molecule has 0 N–H and O–H groups in total. The summed E-state index contributed by atoms with van der Waals surface area (Å²) in [5, 5.41) is 0. The predicted octanol–water partition coefficient (Wildman–Crippen LogP) is 5.76. The van der Waals surface area contributed by atoms with Gasteiger partial charge in [-0.25, -0.2) is 4.98 Å². The standard InChI is InChI=1S/C26H26F3N3O3.CH4/c1-15-13-31(14-30-15)21-8-7-20-24(33)19(11-12-32(20)25(21)34)16(2)22-9-10-23(35-22)17-3-5-18(6-4-17)26(27,28)29;/h3-8,13-14,16,19,22-23H,9-12H2,1-2H3;1H4/t16-,19?,22+,23-;/m1./s1. The van der Waals surface area contributed by atoms with Gasteiger partial charge in [-0.05, 0) is 61.9 Å². The SMILES string of the molecule is C.Cc1cn(-c2ccc3n(c2=O)CCC([C@@H](C)[C@@H]2CC[C@H](c4ccc(C(F)(F)F)cc4)O2)C3=O)cn1. The van der Waals surface area contributed by atoms with Crippen LogP contribution in [0.1, 0.15) is 67.0 Å². The maximum absolute atomic E-state index is 13.4. The third-order valence-corrected chi connectivity index (χ3v) is 7.28. The molecule has 2 aromatic heterocycles.